The van der Waals surface area contributed by atoms with E-state index in [0.717, 1.165) is 6.42 Å². The lowest BCUT2D eigenvalue weighted by Crippen LogP contribution is -2.30. The fraction of sp³-hybridized carbons (Fsp3) is 0.385. The fourth-order valence-electron chi connectivity index (χ4n) is 2.00. The minimum absolute atomic E-state index is 0.0632. The predicted molar refractivity (Wildman–Crippen MR) is 63.1 cm³/mol. The molecule has 1 aliphatic rings. The number of benzene rings is 1. The van der Waals surface area contributed by atoms with Crippen LogP contribution in [0.5, 0.6) is 5.75 Å². The number of carbonyl (C=O) groups excluding carboxylic acids is 2. The third kappa shape index (κ3) is 2.46. The molecule has 1 aromatic carbocycles. The van der Waals surface area contributed by atoms with Crippen molar-refractivity contribution in [1.29, 1.82) is 0 Å². The third-order valence-electron chi connectivity index (χ3n) is 2.91. The van der Waals surface area contributed by atoms with Crippen molar-refractivity contribution >= 4 is 11.7 Å². The zero-order valence-electron chi connectivity index (χ0n) is 9.81. The molecule has 0 radical (unpaired) electrons. The zero-order chi connectivity index (χ0) is 12.3. The number of amides is 1. The average Bonchev–Trinajstić information content (AvgIpc) is 2.75. The van der Waals surface area contributed by atoms with E-state index in [9.17, 15) is 9.59 Å². The van der Waals surface area contributed by atoms with E-state index in [1.165, 1.54) is 7.11 Å². The first kappa shape index (κ1) is 11.6. The maximum Gasteiger partial charge on any atom is 0.223 e. The molecule has 0 aliphatic carbocycles. The summed E-state index contributed by atoms with van der Waals surface area (Å²) in [6.45, 7) is 0.832. The van der Waals surface area contributed by atoms with Gasteiger partial charge in [-0.3, -0.25) is 9.59 Å². The van der Waals surface area contributed by atoms with Crippen LogP contribution in [-0.4, -0.2) is 36.8 Å². The van der Waals surface area contributed by atoms with Gasteiger partial charge in [0.1, 0.15) is 5.75 Å². The van der Waals surface area contributed by atoms with Gasteiger partial charge >= 0.3 is 0 Å². The SMILES string of the molecule is COc1ccccc1C(=O)CN1CCCC1=O. The molecule has 4 nitrogen and oxygen atoms in total. The normalized spacial score (nSPS) is 15.1. The molecule has 0 aromatic heterocycles. The molecule has 2 rings (SSSR count). The Kier molecular flexibility index (Phi) is 3.42. The average molecular weight is 233 g/mol. The second kappa shape index (κ2) is 4.99. The van der Waals surface area contributed by atoms with E-state index in [4.69, 9.17) is 4.74 Å². The molecule has 4 heteroatoms. The predicted octanol–water partition coefficient (Wildman–Crippen LogP) is 1.50. The van der Waals surface area contributed by atoms with Gasteiger partial charge in [-0.2, -0.15) is 0 Å². The van der Waals surface area contributed by atoms with Crippen LogP contribution in [0.15, 0.2) is 24.3 Å². The van der Waals surface area contributed by atoms with Crippen LogP contribution in [0.2, 0.25) is 0 Å². The van der Waals surface area contributed by atoms with Crippen molar-refractivity contribution in [3.63, 3.8) is 0 Å². The summed E-state index contributed by atoms with van der Waals surface area (Å²) in [4.78, 5) is 25.1. The zero-order valence-corrected chi connectivity index (χ0v) is 9.81. The van der Waals surface area contributed by atoms with Crippen LogP contribution >= 0.6 is 0 Å². The molecule has 0 saturated carbocycles. The first-order chi connectivity index (χ1) is 8.22. The number of para-hydroxylation sites is 1. The highest BCUT2D eigenvalue weighted by Crippen LogP contribution is 2.19. The summed E-state index contributed by atoms with van der Waals surface area (Å²) in [5.74, 6) is 0.551. The highest BCUT2D eigenvalue weighted by molar-refractivity contribution is 6.01. The Labute approximate surface area is 100 Å². The van der Waals surface area contributed by atoms with Gasteiger partial charge in [-0.15, -0.1) is 0 Å². The Morgan fingerprint density at radius 1 is 1.41 bits per heavy atom. The molecule has 0 spiro atoms. The molecule has 17 heavy (non-hydrogen) atoms. The van der Waals surface area contributed by atoms with Crippen LogP contribution in [-0.2, 0) is 4.79 Å². The van der Waals surface area contributed by atoms with E-state index in [1.54, 1.807) is 23.1 Å². The van der Waals surface area contributed by atoms with Gasteiger partial charge in [0.05, 0.1) is 19.2 Å². The molecule has 1 heterocycles. The molecule has 1 amide bonds. The minimum Gasteiger partial charge on any atom is -0.496 e. The third-order valence-corrected chi connectivity index (χ3v) is 2.91. The molecule has 0 bridgehead atoms. The maximum absolute atomic E-state index is 12.1. The Hall–Kier alpha value is -1.84. The first-order valence-electron chi connectivity index (χ1n) is 5.66. The van der Waals surface area contributed by atoms with Crippen LogP contribution in [0.1, 0.15) is 23.2 Å². The minimum atomic E-state index is -0.0716. The van der Waals surface area contributed by atoms with E-state index >= 15 is 0 Å². The van der Waals surface area contributed by atoms with Crippen molar-refractivity contribution < 1.29 is 14.3 Å². The van der Waals surface area contributed by atoms with Crippen LogP contribution in [0.3, 0.4) is 0 Å². The molecule has 1 aliphatic heterocycles. The molecule has 1 fully saturated rings. The number of ketones is 1. The van der Waals surface area contributed by atoms with Crippen molar-refractivity contribution in [3.05, 3.63) is 29.8 Å². The molecule has 0 unspecified atom stereocenters. The van der Waals surface area contributed by atoms with Crippen molar-refractivity contribution in [2.75, 3.05) is 20.2 Å². The highest BCUT2D eigenvalue weighted by atomic mass is 16.5. The number of hydrogen-bond acceptors (Lipinski definition) is 3. The van der Waals surface area contributed by atoms with Gasteiger partial charge in [-0.05, 0) is 18.6 Å². The Morgan fingerprint density at radius 2 is 2.18 bits per heavy atom. The topological polar surface area (TPSA) is 46.6 Å². The van der Waals surface area contributed by atoms with Crippen LogP contribution in [0, 0.1) is 0 Å². The van der Waals surface area contributed by atoms with Crippen LogP contribution in [0.25, 0.3) is 0 Å². The number of likely N-dealkylation sites (tertiary alicyclic amines) is 1. The first-order valence-corrected chi connectivity index (χ1v) is 5.66. The van der Waals surface area contributed by atoms with Crippen molar-refractivity contribution in [3.8, 4) is 5.75 Å². The molecular weight excluding hydrogens is 218 g/mol. The van der Waals surface area contributed by atoms with Gasteiger partial charge in [0.25, 0.3) is 0 Å². The number of carbonyl (C=O) groups is 2. The lowest BCUT2D eigenvalue weighted by Gasteiger charge is -2.15. The van der Waals surface area contributed by atoms with Gasteiger partial charge in [0, 0.05) is 13.0 Å². The number of hydrogen-bond donors (Lipinski definition) is 0. The summed E-state index contributed by atoms with van der Waals surface area (Å²) in [5.41, 5.74) is 0.537. The van der Waals surface area contributed by atoms with E-state index in [0.29, 0.717) is 24.3 Å². The van der Waals surface area contributed by atoms with Crippen molar-refractivity contribution in [2.45, 2.75) is 12.8 Å². The largest absolute Gasteiger partial charge is 0.496 e. The smallest absolute Gasteiger partial charge is 0.223 e. The Morgan fingerprint density at radius 3 is 2.82 bits per heavy atom. The summed E-state index contributed by atoms with van der Waals surface area (Å²) in [5, 5.41) is 0. The number of rotatable bonds is 4. The van der Waals surface area contributed by atoms with Gasteiger partial charge in [0.2, 0.25) is 5.91 Å². The van der Waals surface area contributed by atoms with Gasteiger partial charge < -0.3 is 9.64 Å². The Balaban J connectivity index is 2.11. The van der Waals surface area contributed by atoms with Gasteiger partial charge in [-0.25, -0.2) is 0 Å². The van der Waals surface area contributed by atoms with Crippen LogP contribution in [0.4, 0.5) is 0 Å². The number of Topliss-reactive ketones (excluding diaryl/α,β-unsaturated/α-hetero) is 1. The van der Waals surface area contributed by atoms with E-state index in [1.807, 2.05) is 6.07 Å². The molecular formula is C13H15NO3. The molecule has 0 atom stereocenters. The van der Waals surface area contributed by atoms with Crippen LogP contribution < -0.4 is 4.74 Å². The monoisotopic (exact) mass is 233 g/mol. The quantitative estimate of drug-likeness (QED) is 0.740. The lowest BCUT2D eigenvalue weighted by molar-refractivity contribution is -0.127. The summed E-state index contributed by atoms with van der Waals surface area (Å²) in [6.07, 6.45) is 1.40. The standard InChI is InChI=1S/C13H15NO3/c1-17-12-6-3-2-5-10(12)11(15)9-14-8-4-7-13(14)16/h2-3,5-6H,4,7-9H2,1H3. The second-order valence-electron chi connectivity index (χ2n) is 4.04. The number of methoxy groups -OCH3 is 1. The van der Waals surface area contributed by atoms with Crippen molar-refractivity contribution in [1.82, 2.24) is 4.90 Å². The number of nitrogens with zero attached hydrogens (tertiary/aromatic N) is 1. The summed E-state index contributed by atoms with van der Waals surface area (Å²) >= 11 is 0. The molecule has 0 N–H and O–H groups in total. The fourth-order valence-corrected chi connectivity index (χ4v) is 2.00. The van der Waals surface area contributed by atoms with Gasteiger partial charge in [-0.1, -0.05) is 12.1 Å². The number of ether oxygens (including phenoxy) is 1. The lowest BCUT2D eigenvalue weighted by atomic mass is 10.1. The summed E-state index contributed by atoms with van der Waals surface area (Å²) in [7, 11) is 1.53. The van der Waals surface area contributed by atoms with Crippen molar-refractivity contribution in [2.24, 2.45) is 0 Å². The molecule has 90 valence electrons. The van der Waals surface area contributed by atoms with Gasteiger partial charge in [0.15, 0.2) is 5.78 Å². The maximum atomic E-state index is 12.1. The van der Waals surface area contributed by atoms with E-state index < -0.39 is 0 Å². The molecule has 1 saturated heterocycles. The van der Waals surface area contributed by atoms with E-state index in [2.05, 4.69) is 0 Å². The Bertz CT molecular complexity index is 442. The summed E-state index contributed by atoms with van der Waals surface area (Å²) < 4.78 is 5.13. The molecule has 1 aromatic rings. The second-order valence-corrected chi connectivity index (χ2v) is 4.04. The highest BCUT2D eigenvalue weighted by Gasteiger charge is 2.23. The van der Waals surface area contributed by atoms with E-state index in [-0.39, 0.29) is 18.2 Å². The summed E-state index contributed by atoms with van der Waals surface area (Å²) in [6, 6.07) is 7.08.